The van der Waals surface area contributed by atoms with Gasteiger partial charge in [0.1, 0.15) is 6.04 Å². The average molecular weight is 586 g/mol. The molecule has 0 bridgehead atoms. The number of carboxylic acid groups (broad SMARTS) is 2. The molecule has 0 aromatic rings. The van der Waals surface area contributed by atoms with Gasteiger partial charge in [-0.2, -0.15) is 0 Å². The van der Waals surface area contributed by atoms with E-state index in [1.165, 1.54) is 64.2 Å². The minimum atomic E-state index is -1.42. The van der Waals surface area contributed by atoms with Crippen molar-refractivity contribution in [2.24, 2.45) is 11.5 Å². The van der Waals surface area contributed by atoms with Crippen LogP contribution < -0.4 is 11.5 Å². The SMILES string of the molecule is CC(N)CN.CCCCCCCCCCCC(=O)N(C(=O)CCCCCCCCCCC)[C@@H](CCC(=O)O)C(=O)O. The zero-order valence-electron chi connectivity index (χ0n) is 26.5. The van der Waals surface area contributed by atoms with Gasteiger partial charge in [0.15, 0.2) is 0 Å². The predicted octanol–water partition coefficient (Wildman–Crippen LogP) is 6.79. The third kappa shape index (κ3) is 26.6. The Morgan fingerprint density at radius 3 is 1.20 bits per heavy atom. The molecule has 0 aromatic carbocycles. The topological polar surface area (TPSA) is 164 Å². The van der Waals surface area contributed by atoms with Crippen molar-refractivity contribution in [1.82, 2.24) is 4.90 Å². The highest BCUT2D eigenvalue weighted by atomic mass is 16.4. The van der Waals surface area contributed by atoms with Crippen molar-refractivity contribution >= 4 is 23.8 Å². The zero-order valence-corrected chi connectivity index (χ0v) is 26.5. The fraction of sp³-hybridized carbons (Fsp3) is 0.875. The molecule has 9 nitrogen and oxygen atoms in total. The predicted molar refractivity (Wildman–Crippen MR) is 167 cm³/mol. The van der Waals surface area contributed by atoms with E-state index < -0.39 is 36.2 Å². The largest absolute Gasteiger partial charge is 0.481 e. The van der Waals surface area contributed by atoms with Crippen molar-refractivity contribution in [2.75, 3.05) is 6.54 Å². The molecule has 1 unspecified atom stereocenters. The number of carbonyl (C=O) groups excluding carboxylic acids is 2. The van der Waals surface area contributed by atoms with Crippen LogP contribution in [0.15, 0.2) is 0 Å². The van der Waals surface area contributed by atoms with Gasteiger partial charge in [-0.1, -0.05) is 117 Å². The average Bonchev–Trinajstić information content (AvgIpc) is 2.93. The van der Waals surface area contributed by atoms with Crippen molar-refractivity contribution in [2.45, 2.75) is 174 Å². The minimum Gasteiger partial charge on any atom is -0.481 e. The third-order valence-electron chi connectivity index (χ3n) is 7.13. The normalized spacial score (nSPS) is 12.2. The van der Waals surface area contributed by atoms with Crippen molar-refractivity contribution in [3.05, 3.63) is 0 Å². The first-order valence-corrected chi connectivity index (χ1v) is 16.4. The van der Waals surface area contributed by atoms with Crippen LogP contribution in [0.25, 0.3) is 0 Å². The molecule has 41 heavy (non-hydrogen) atoms. The van der Waals surface area contributed by atoms with E-state index >= 15 is 0 Å². The molecule has 0 spiro atoms. The summed E-state index contributed by atoms with van der Waals surface area (Å²) in [5.74, 6) is -3.44. The van der Waals surface area contributed by atoms with Crippen LogP contribution >= 0.6 is 0 Å². The summed E-state index contributed by atoms with van der Waals surface area (Å²) in [5.41, 5.74) is 10.2. The maximum absolute atomic E-state index is 12.9. The Labute approximate surface area is 250 Å². The molecule has 0 aliphatic rings. The molecule has 0 radical (unpaired) electrons. The quantitative estimate of drug-likeness (QED) is 0.0805. The van der Waals surface area contributed by atoms with Crippen LogP contribution in [0.4, 0.5) is 0 Å². The fourth-order valence-corrected chi connectivity index (χ4v) is 4.52. The van der Waals surface area contributed by atoms with E-state index in [-0.39, 0.29) is 25.3 Å². The number of hydrogen-bond acceptors (Lipinski definition) is 6. The highest BCUT2D eigenvalue weighted by Crippen LogP contribution is 2.18. The number of carbonyl (C=O) groups is 4. The summed E-state index contributed by atoms with van der Waals surface area (Å²) in [6.07, 6.45) is 19.2. The van der Waals surface area contributed by atoms with Crippen LogP contribution in [0.1, 0.15) is 162 Å². The lowest BCUT2D eigenvalue weighted by atomic mass is 10.0. The second-order valence-corrected chi connectivity index (χ2v) is 11.3. The number of rotatable bonds is 26. The van der Waals surface area contributed by atoms with Crippen molar-refractivity contribution in [1.29, 1.82) is 0 Å². The van der Waals surface area contributed by atoms with Crippen LogP contribution in [-0.2, 0) is 19.2 Å². The van der Waals surface area contributed by atoms with Crippen LogP contribution in [0, 0.1) is 0 Å². The Kier molecular flexibility index (Phi) is 29.6. The molecule has 2 atom stereocenters. The van der Waals surface area contributed by atoms with Gasteiger partial charge in [0.2, 0.25) is 11.8 Å². The lowest BCUT2D eigenvalue weighted by molar-refractivity contribution is -0.159. The molecule has 0 saturated heterocycles. The molecule has 0 rings (SSSR count). The Bertz CT molecular complexity index is 638. The monoisotopic (exact) mass is 585 g/mol. The van der Waals surface area contributed by atoms with Crippen molar-refractivity contribution < 1.29 is 29.4 Å². The Balaban J connectivity index is 0. The van der Waals surface area contributed by atoms with Crippen molar-refractivity contribution in [3.8, 4) is 0 Å². The van der Waals surface area contributed by atoms with Gasteiger partial charge in [-0.05, 0) is 26.2 Å². The number of nitrogens with two attached hydrogens (primary N) is 2. The van der Waals surface area contributed by atoms with Gasteiger partial charge in [-0.15, -0.1) is 0 Å². The molecule has 9 heteroatoms. The van der Waals surface area contributed by atoms with Crippen LogP contribution in [0.5, 0.6) is 0 Å². The van der Waals surface area contributed by atoms with Crippen LogP contribution in [-0.4, -0.2) is 57.5 Å². The molecule has 2 amide bonds. The zero-order chi connectivity index (χ0) is 31.3. The summed E-state index contributed by atoms with van der Waals surface area (Å²) in [6.45, 7) is 6.84. The Morgan fingerprint density at radius 2 is 0.927 bits per heavy atom. The molecule has 0 heterocycles. The smallest absolute Gasteiger partial charge is 0.326 e. The fourth-order valence-electron chi connectivity index (χ4n) is 4.52. The van der Waals surface area contributed by atoms with E-state index in [9.17, 15) is 24.3 Å². The number of hydrogen-bond donors (Lipinski definition) is 4. The second kappa shape index (κ2) is 29.5. The summed E-state index contributed by atoms with van der Waals surface area (Å²) in [5, 5.41) is 18.7. The van der Waals surface area contributed by atoms with E-state index in [2.05, 4.69) is 13.8 Å². The van der Waals surface area contributed by atoms with E-state index in [0.717, 1.165) is 43.4 Å². The summed E-state index contributed by atoms with van der Waals surface area (Å²) in [7, 11) is 0. The van der Waals surface area contributed by atoms with Crippen molar-refractivity contribution in [3.63, 3.8) is 0 Å². The van der Waals surface area contributed by atoms with E-state index in [1.54, 1.807) is 0 Å². The number of carboxylic acids is 2. The number of aliphatic carboxylic acids is 2. The number of amides is 2. The van der Waals surface area contributed by atoms with Crippen LogP contribution in [0.2, 0.25) is 0 Å². The molecule has 0 fully saturated rings. The van der Waals surface area contributed by atoms with E-state index in [1.807, 2.05) is 6.92 Å². The molecular formula is C32H63N3O6. The minimum absolute atomic E-state index is 0.121. The maximum atomic E-state index is 12.9. The van der Waals surface area contributed by atoms with Gasteiger partial charge in [0, 0.05) is 31.8 Å². The molecule has 0 aromatic heterocycles. The standard InChI is InChI=1S/C29H53NO6.C3H10N2/c1-3-5-7-9-11-13-15-17-19-21-26(31)30(25(29(35)36)23-24-28(33)34)27(32)22-20-18-16-14-12-10-8-6-4-2;1-3(5)2-4/h25H,3-24H2,1-2H3,(H,33,34)(H,35,36);3H,2,4-5H2,1H3/t25-;/m0./s1. The first-order chi connectivity index (χ1) is 19.6. The van der Waals surface area contributed by atoms with Gasteiger partial charge in [-0.25, -0.2) is 4.79 Å². The molecule has 0 aliphatic carbocycles. The highest BCUT2D eigenvalue weighted by molar-refractivity contribution is 5.99. The lowest BCUT2D eigenvalue weighted by Crippen LogP contribution is -2.48. The van der Waals surface area contributed by atoms with E-state index in [4.69, 9.17) is 16.6 Å². The Hall–Kier alpha value is -2.00. The molecule has 0 aliphatic heterocycles. The summed E-state index contributed by atoms with van der Waals surface area (Å²) >= 11 is 0. The van der Waals surface area contributed by atoms with E-state index in [0.29, 0.717) is 19.4 Å². The van der Waals surface area contributed by atoms with Gasteiger partial charge in [0.25, 0.3) is 0 Å². The van der Waals surface area contributed by atoms with Gasteiger partial charge >= 0.3 is 11.9 Å². The second-order valence-electron chi connectivity index (χ2n) is 11.3. The number of unbranched alkanes of at least 4 members (excludes halogenated alkanes) is 16. The summed E-state index contributed by atoms with van der Waals surface area (Å²) in [4.78, 5) is 49.6. The first kappa shape index (κ1) is 41.1. The molecule has 242 valence electrons. The van der Waals surface area contributed by atoms with Crippen LogP contribution in [0.3, 0.4) is 0 Å². The third-order valence-corrected chi connectivity index (χ3v) is 7.13. The summed E-state index contributed by atoms with van der Waals surface area (Å²) in [6, 6.07) is -1.26. The summed E-state index contributed by atoms with van der Waals surface area (Å²) < 4.78 is 0. The molecule has 6 N–H and O–H groups in total. The Morgan fingerprint density at radius 1 is 0.610 bits per heavy atom. The van der Waals surface area contributed by atoms with Gasteiger partial charge in [-0.3, -0.25) is 19.3 Å². The van der Waals surface area contributed by atoms with Gasteiger partial charge < -0.3 is 21.7 Å². The number of imide groups is 1. The molecule has 0 saturated carbocycles. The molecular weight excluding hydrogens is 522 g/mol. The lowest BCUT2D eigenvalue weighted by Gasteiger charge is -2.27. The highest BCUT2D eigenvalue weighted by Gasteiger charge is 2.34. The first-order valence-electron chi connectivity index (χ1n) is 16.4. The van der Waals surface area contributed by atoms with Gasteiger partial charge in [0.05, 0.1) is 0 Å². The maximum Gasteiger partial charge on any atom is 0.326 e. The number of nitrogens with zero attached hydrogens (tertiary/aromatic N) is 1.